The molecule has 128 valence electrons. The molecule has 2 aromatic heterocycles. The van der Waals surface area contributed by atoms with Crippen LogP contribution in [0.3, 0.4) is 0 Å². The predicted octanol–water partition coefficient (Wildman–Crippen LogP) is 1.21. The molecule has 9 nitrogen and oxygen atoms in total. The van der Waals surface area contributed by atoms with Crippen LogP contribution in [0.1, 0.15) is 12.7 Å². The van der Waals surface area contributed by atoms with Crippen molar-refractivity contribution in [1.29, 1.82) is 0 Å². The highest BCUT2D eigenvalue weighted by atomic mass is 35.5. The number of methoxy groups -OCH3 is 1. The van der Waals surface area contributed by atoms with E-state index in [0.717, 1.165) is 0 Å². The van der Waals surface area contributed by atoms with Gasteiger partial charge in [-0.1, -0.05) is 0 Å². The minimum atomic E-state index is -2.16. The summed E-state index contributed by atoms with van der Waals surface area (Å²) in [7, 11) is -0.749. The largest absolute Gasteiger partial charge is 0.382 e. The van der Waals surface area contributed by atoms with E-state index in [1.165, 1.54) is 18.0 Å². The van der Waals surface area contributed by atoms with Crippen molar-refractivity contribution >= 4 is 37.0 Å². The molecule has 0 aliphatic heterocycles. The molecule has 0 aliphatic carbocycles. The van der Waals surface area contributed by atoms with Gasteiger partial charge in [0.15, 0.2) is 26.1 Å². The van der Waals surface area contributed by atoms with E-state index in [-0.39, 0.29) is 41.6 Å². The monoisotopic (exact) mass is 367 g/mol. The van der Waals surface area contributed by atoms with Gasteiger partial charge >= 0.3 is 0 Å². The van der Waals surface area contributed by atoms with Crippen LogP contribution in [-0.4, -0.2) is 55.5 Å². The van der Waals surface area contributed by atoms with Crippen molar-refractivity contribution in [3.8, 4) is 0 Å². The Morgan fingerprint density at radius 1 is 1.48 bits per heavy atom. The zero-order chi connectivity index (χ0) is 17.0. The molecule has 2 atom stereocenters. The van der Waals surface area contributed by atoms with Crippen molar-refractivity contribution in [2.45, 2.75) is 18.8 Å². The van der Waals surface area contributed by atoms with Crippen LogP contribution in [0, 0.1) is 0 Å². The van der Waals surface area contributed by atoms with Gasteiger partial charge in [0.1, 0.15) is 11.9 Å². The second kappa shape index (κ2) is 8.09. The topological polar surface area (TPSA) is 129 Å². The second-order valence-electron chi connectivity index (χ2n) is 4.60. The van der Waals surface area contributed by atoms with Crippen molar-refractivity contribution < 1.29 is 23.7 Å². The Bertz CT molecular complexity index is 661. The number of anilines is 1. The minimum absolute atomic E-state index is 0.0153. The summed E-state index contributed by atoms with van der Waals surface area (Å²) >= 11 is 5.73. The van der Waals surface area contributed by atoms with E-state index >= 15 is 0 Å². The molecule has 0 bridgehead atoms. The van der Waals surface area contributed by atoms with Crippen LogP contribution in [0.4, 0.5) is 10.2 Å². The van der Waals surface area contributed by atoms with Crippen LogP contribution in [0.15, 0.2) is 6.33 Å². The molecular weight excluding hydrogens is 352 g/mol. The molecule has 12 heteroatoms. The molecular formula is C11H16ClFN5O4P. The number of imidazole rings is 1. The Morgan fingerprint density at radius 3 is 2.87 bits per heavy atom. The van der Waals surface area contributed by atoms with Crippen LogP contribution in [0.5, 0.6) is 0 Å². The van der Waals surface area contributed by atoms with E-state index < -0.39 is 20.8 Å². The third kappa shape index (κ3) is 4.66. The van der Waals surface area contributed by atoms with Gasteiger partial charge in [-0.25, -0.2) is 9.37 Å². The fourth-order valence-electron chi connectivity index (χ4n) is 1.94. The Morgan fingerprint density at radius 2 is 2.22 bits per heavy atom. The maximum atomic E-state index is 14.5. The highest BCUT2D eigenvalue weighted by Gasteiger charge is 2.21. The van der Waals surface area contributed by atoms with Crippen LogP contribution in [0.25, 0.3) is 11.2 Å². The van der Waals surface area contributed by atoms with Gasteiger partial charge in [-0.3, -0.25) is 4.57 Å². The standard InChI is InChI=1S/C11H16ClFN5O4P/c1-21-6(3-22-5-23(19)20)2-7(13)18-4-15-8-9(14)16-11(12)17-10(8)18/h4,6-7,19-20H,2-3,5H2,1H3,(H2,14,16,17). The number of nitrogens with two attached hydrogens (primary N) is 1. The lowest BCUT2D eigenvalue weighted by Crippen LogP contribution is -2.22. The molecule has 0 aliphatic rings. The summed E-state index contributed by atoms with van der Waals surface area (Å²) in [6.45, 7) is 0.0153. The van der Waals surface area contributed by atoms with Crippen molar-refractivity contribution in [3.63, 3.8) is 0 Å². The van der Waals surface area contributed by atoms with Crippen LogP contribution < -0.4 is 5.73 Å². The summed E-state index contributed by atoms with van der Waals surface area (Å²) in [6, 6.07) is 0. The molecule has 4 N–H and O–H groups in total. The summed E-state index contributed by atoms with van der Waals surface area (Å²) in [5.41, 5.74) is 6.11. The number of aromatic nitrogens is 4. The first kappa shape index (κ1) is 18.2. The quantitative estimate of drug-likeness (QED) is 0.469. The molecule has 23 heavy (non-hydrogen) atoms. The number of ether oxygens (including phenoxy) is 2. The van der Waals surface area contributed by atoms with E-state index in [1.54, 1.807) is 0 Å². The third-order valence-corrected chi connectivity index (χ3v) is 3.61. The fraction of sp³-hybridized carbons (Fsp3) is 0.545. The number of hydrogen-bond donors (Lipinski definition) is 3. The average Bonchev–Trinajstić information content (AvgIpc) is 2.89. The Balaban J connectivity index is 2.09. The molecule has 2 aromatic rings. The first-order valence-corrected chi connectivity index (χ1v) is 8.28. The van der Waals surface area contributed by atoms with Crippen molar-refractivity contribution in [3.05, 3.63) is 11.6 Å². The lowest BCUT2D eigenvalue weighted by Gasteiger charge is -2.19. The van der Waals surface area contributed by atoms with E-state index in [4.69, 9.17) is 36.6 Å². The average molecular weight is 368 g/mol. The summed E-state index contributed by atoms with van der Waals surface area (Å²) < 4.78 is 25.9. The molecule has 2 unspecified atom stereocenters. The summed E-state index contributed by atoms with van der Waals surface area (Å²) in [4.78, 5) is 29.2. The summed E-state index contributed by atoms with van der Waals surface area (Å²) in [5, 5.41) is -0.102. The van der Waals surface area contributed by atoms with Gasteiger partial charge in [-0.05, 0) is 11.6 Å². The molecule has 2 rings (SSSR count). The fourth-order valence-corrected chi connectivity index (χ4v) is 2.38. The second-order valence-corrected chi connectivity index (χ2v) is 5.94. The van der Waals surface area contributed by atoms with Gasteiger partial charge in [0.25, 0.3) is 0 Å². The molecule has 0 fully saturated rings. The van der Waals surface area contributed by atoms with Gasteiger partial charge in [-0.15, -0.1) is 0 Å². The van der Waals surface area contributed by atoms with Crippen molar-refractivity contribution in [1.82, 2.24) is 19.5 Å². The first-order chi connectivity index (χ1) is 10.9. The van der Waals surface area contributed by atoms with Crippen LogP contribution >= 0.6 is 20.0 Å². The molecule has 0 spiro atoms. The number of alkyl halides is 1. The number of nitrogen functional groups attached to an aromatic ring is 1. The molecule has 0 saturated carbocycles. The lowest BCUT2D eigenvalue weighted by molar-refractivity contribution is -0.00558. The Kier molecular flexibility index (Phi) is 6.40. The summed E-state index contributed by atoms with van der Waals surface area (Å²) in [5.74, 6) is 0.0665. The highest BCUT2D eigenvalue weighted by molar-refractivity contribution is 7.44. The van der Waals surface area contributed by atoms with Crippen LogP contribution in [-0.2, 0) is 9.47 Å². The number of halogens is 2. The third-order valence-electron chi connectivity index (χ3n) is 3.02. The number of fused-ring (bicyclic) bond motifs is 1. The zero-order valence-electron chi connectivity index (χ0n) is 12.1. The van der Waals surface area contributed by atoms with Gasteiger partial charge in [0.05, 0.1) is 19.0 Å². The zero-order valence-corrected chi connectivity index (χ0v) is 13.8. The van der Waals surface area contributed by atoms with Crippen LogP contribution in [0.2, 0.25) is 5.28 Å². The smallest absolute Gasteiger partial charge is 0.226 e. The van der Waals surface area contributed by atoms with Gasteiger partial charge in [-0.2, -0.15) is 9.97 Å². The highest BCUT2D eigenvalue weighted by Crippen LogP contribution is 2.26. The Hall–Kier alpha value is -1.16. The van der Waals surface area contributed by atoms with Crippen molar-refractivity contribution in [2.24, 2.45) is 0 Å². The molecule has 0 aromatic carbocycles. The SMILES string of the molecule is COC(COCP(O)O)CC(F)n1cnc2c(N)nc(Cl)nc21. The molecule has 0 radical (unpaired) electrons. The van der Waals surface area contributed by atoms with Gasteiger partial charge in [0, 0.05) is 13.5 Å². The van der Waals surface area contributed by atoms with E-state index in [0.29, 0.717) is 0 Å². The van der Waals surface area contributed by atoms with Gasteiger partial charge in [0.2, 0.25) is 5.28 Å². The number of rotatable bonds is 8. The van der Waals surface area contributed by atoms with E-state index in [1.807, 2.05) is 0 Å². The molecule has 0 amide bonds. The molecule has 2 heterocycles. The Labute approximate surface area is 137 Å². The number of hydrogen-bond acceptors (Lipinski definition) is 8. The van der Waals surface area contributed by atoms with Gasteiger partial charge < -0.3 is 25.0 Å². The van der Waals surface area contributed by atoms with Crippen molar-refractivity contribution in [2.75, 3.05) is 25.8 Å². The maximum Gasteiger partial charge on any atom is 0.226 e. The molecule has 0 saturated heterocycles. The minimum Gasteiger partial charge on any atom is -0.382 e. The normalized spacial score (nSPS) is 14.5. The maximum absolute atomic E-state index is 14.5. The number of nitrogens with zero attached hydrogens (tertiary/aromatic N) is 4. The van der Waals surface area contributed by atoms with E-state index in [9.17, 15) is 4.39 Å². The lowest BCUT2D eigenvalue weighted by atomic mass is 10.2. The first-order valence-electron chi connectivity index (χ1n) is 6.47. The predicted molar refractivity (Wildman–Crippen MR) is 82.5 cm³/mol. The van der Waals surface area contributed by atoms with E-state index in [2.05, 4.69) is 15.0 Å². The summed E-state index contributed by atoms with van der Waals surface area (Å²) in [6.07, 6.45) is -1.13.